The molecule has 2 aliphatic carbocycles. The van der Waals surface area contributed by atoms with Gasteiger partial charge in [-0.05, 0) is 48.5 Å². The van der Waals surface area contributed by atoms with Crippen molar-refractivity contribution in [3.8, 4) is 0 Å². The number of aliphatic carboxylic acids is 1. The summed E-state index contributed by atoms with van der Waals surface area (Å²) in [6.45, 7) is 16.7. The summed E-state index contributed by atoms with van der Waals surface area (Å²) >= 11 is 1.34. The maximum atomic E-state index is 12.5. The van der Waals surface area contributed by atoms with Gasteiger partial charge in [-0.1, -0.05) is 78.8 Å². The van der Waals surface area contributed by atoms with Gasteiger partial charge in [-0.25, -0.2) is 0 Å². The Kier molecular flexibility index (Phi) is 11.3. The maximum absolute atomic E-state index is 12.5. The molecule has 0 aromatic carbocycles. The third-order valence-electron chi connectivity index (χ3n) is 6.87. The second kappa shape index (κ2) is 12.7. The summed E-state index contributed by atoms with van der Waals surface area (Å²) in [6, 6.07) is 0. The van der Waals surface area contributed by atoms with Crippen LogP contribution in [0.2, 0.25) is 0 Å². The number of hydrogen-bond donors (Lipinski definition) is 1. The third-order valence-corrected chi connectivity index (χ3v) is 8.02. The number of ketones is 2. The van der Waals surface area contributed by atoms with E-state index >= 15 is 0 Å². The predicted octanol–water partition coefficient (Wildman–Crippen LogP) is 6.76. The molecular weight excluding hydrogens is 432 g/mol. The minimum atomic E-state index is -0.821. The highest BCUT2D eigenvalue weighted by molar-refractivity contribution is 8.00. The van der Waals surface area contributed by atoms with Crippen molar-refractivity contribution in [1.29, 1.82) is 0 Å². The van der Waals surface area contributed by atoms with Crippen LogP contribution < -0.4 is 0 Å². The highest BCUT2D eigenvalue weighted by atomic mass is 32.2. The van der Waals surface area contributed by atoms with Crippen LogP contribution in [0.1, 0.15) is 74.7 Å². The van der Waals surface area contributed by atoms with Crippen LogP contribution in [-0.4, -0.2) is 33.6 Å². The zero-order chi connectivity index (χ0) is 25.4. The summed E-state index contributed by atoms with van der Waals surface area (Å²) in [4.78, 5) is 34.9. The van der Waals surface area contributed by atoms with E-state index in [2.05, 4.69) is 65.8 Å². The van der Waals surface area contributed by atoms with E-state index in [4.69, 9.17) is 5.11 Å². The van der Waals surface area contributed by atoms with Gasteiger partial charge >= 0.3 is 5.97 Å². The standard InChI is InChI=1S/C15H24O3S.C13H20O/c1-10-6-5-7-15(3,4)14(10)12(16)8-11(2)19-9-13(17)18;1-5-7-11(14)12-10(2)8-6-9-13(12,3)4/h5-6,10-11,14H,7-9H2,1-4H3,(H,17,18);5-8,10,12H,9H2,1-4H3. The number of rotatable bonds is 8. The van der Waals surface area contributed by atoms with Gasteiger partial charge in [0.2, 0.25) is 0 Å². The Morgan fingerprint density at radius 2 is 1.48 bits per heavy atom. The highest BCUT2D eigenvalue weighted by Gasteiger charge is 2.40. The molecule has 0 saturated heterocycles. The zero-order valence-corrected chi connectivity index (χ0v) is 22.6. The molecule has 186 valence electrons. The lowest BCUT2D eigenvalue weighted by Crippen LogP contribution is -2.38. The van der Waals surface area contributed by atoms with Gasteiger partial charge < -0.3 is 5.11 Å². The predicted molar refractivity (Wildman–Crippen MR) is 139 cm³/mol. The summed E-state index contributed by atoms with van der Waals surface area (Å²) in [5, 5.41) is 8.72. The van der Waals surface area contributed by atoms with E-state index in [0.717, 1.165) is 12.8 Å². The fraction of sp³-hybridized carbons (Fsp3) is 0.679. The highest BCUT2D eigenvalue weighted by Crippen LogP contribution is 2.42. The molecule has 4 nitrogen and oxygen atoms in total. The Hall–Kier alpha value is -1.62. The molecule has 0 amide bonds. The molecule has 33 heavy (non-hydrogen) atoms. The Bertz CT molecular complexity index is 775. The lowest BCUT2D eigenvalue weighted by Gasteiger charge is -2.39. The van der Waals surface area contributed by atoms with Crippen molar-refractivity contribution in [1.82, 2.24) is 0 Å². The van der Waals surface area contributed by atoms with Crippen molar-refractivity contribution in [3.05, 3.63) is 36.5 Å². The molecule has 0 radical (unpaired) electrons. The first-order chi connectivity index (χ1) is 15.2. The molecule has 0 fully saturated rings. The van der Waals surface area contributed by atoms with Crippen molar-refractivity contribution < 1.29 is 19.5 Å². The number of Topliss-reactive ketones (excluding diaryl/α,β-unsaturated/α-hetero) is 1. The largest absolute Gasteiger partial charge is 0.481 e. The first-order valence-corrected chi connectivity index (χ1v) is 13.1. The quantitative estimate of drug-likeness (QED) is 0.309. The molecule has 0 saturated carbocycles. The van der Waals surface area contributed by atoms with E-state index in [1.807, 2.05) is 19.9 Å². The minimum absolute atomic E-state index is 0.00242. The normalized spacial score (nSPS) is 28.6. The molecule has 5 unspecified atom stereocenters. The van der Waals surface area contributed by atoms with Gasteiger partial charge in [-0.2, -0.15) is 0 Å². The average molecular weight is 477 g/mol. The monoisotopic (exact) mass is 476 g/mol. The Morgan fingerprint density at radius 3 is 1.91 bits per heavy atom. The second-order valence-electron chi connectivity index (χ2n) is 11.0. The lowest BCUT2D eigenvalue weighted by atomic mass is 9.65. The molecule has 0 aromatic rings. The second-order valence-corrected chi connectivity index (χ2v) is 12.4. The van der Waals surface area contributed by atoms with E-state index in [0.29, 0.717) is 12.3 Å². The molecule has 0 aromatic heterocycles. The van der Waals surface area contributed by atoms with Crippen molar-refractivity contribution in [3.63, 3.8) is 0 Å². The van der Waals surface area contributed by atoms with E-state index in [-0.39, 0.29) is 51.2 Å². The molecule has 1 N–H and O–H groups in total. The van der Waals surface area contributed by atoms with Crippen LogP contribution in [0.4, 0.5) is 0 Å². The van der Waals surface area contributed by atoms with Gasteiger partial charge in [-0.15, -0.1) is 11.8 Å². The summed E-state index contributed by atoms with van der Waals surface area (Å²) in [6.07, 6.45) is 14.6. The minimum Gasteiger partial charge on any atom is -0.481 e. The lowest BCUT2D eigenvalue weighted by molar-refractivity contribution is -0.134. The van der Waals surface area contributed by atoms with Crippen LogP contribution in [0.25, 0.3) is 0 Å². The molecule has 2 aliphatic rings. The number of carbonyl (C=O) groups is 3. The molecular formula is C28H44O4S. The third kappa shape index (κ3) is 8.92. The fourth-order valence-corrected chi connectivity index (χ4v) is 6.11. The van der Waals surface area contributed by atoms with Gasteiger partial charge in [0.25, 0.3) is 0 Å². The molecule has 0 bridgehead atoms. The van der Waals surface area contributed by atoms with Crippen molar-refractivity contribution >= 4 is 29.3 Å². The van der Waals surface area contributed by atoms with Gasteiger partial charge in [-0.3, -0.25) is 14.4 Å². The van der Waals surface area contributed by atoms with Gasteiger partial charge in [0.05, 0.1) is 5.75 Å². The SMILES string of the molecule is CC(CC(=O)C1C(C)C=CCC1(C)C)SCC(=O)O.CC=CC(=O)C1C(C)C=CCC1(C)C. The number of thioether (sulfide) groups is 1. The van der Waals surface area contributed by atoms with Gasteiger partial charge in [0.1, 0.15) is 5.78 Å². The Morgan fingerprint density at radius 1 is 1.00 bits per heavy atom. The maximum Gasteiger partial charge on any atom is 0.313 e. The van der Waals surface area contributed by atoms with Crippen LogP contribution in [0.5, 0.6) is 0 Å². The first kappa shape index (κ1) is 29.4. The number of carboxylic acids is 1. The van der Waals surface area contributed by atoms with Crippen LogP contribution in [-0.2, 0) is 14.4 Å². The summed E-state index contributed by atoms with van der Waals surface area (Å²) in [5.74, 6) is 0.613. The van der Waals surface area contributed by atoms with Gasteiger partial charge in [0, 0.05) is 23.5 Å². The molecule has 5 heteroatoms. The molecule has 2 rings (SSSR count). The van der Waals surface area contributed by atoms with Crippen molar-refractivity contribution in [2.75, 3.05) is 5.75 Å². The fourth-order valence-electron chi connectivity index (χ4n) is 5.40. The van der Waals surface area contributed by atoms with Crippen LogP contribution in [0.3, 0.4) is 0 Å². The van der Waals surface area contributed by atoms with Crippen LogP contribution >= 0.6 is 11.8 Å². The zero-order valence-electron chi connectivity index (χ0n) is 21.8. The topological polar surface area (TPSA) is 71.4 Å². The summed E-state index contributed by atoms with van der Waals surface area (Å²) < 4.78 is 0. The van der Waals surface area contributed by atoms with E-state index in [1.165, 1.54) is 11.8 Å². The molecule has 0 heterocycles. The Labute approximate surface area is 205 Å². The number of carbonyl (C=O) groups excluding carboxylic acids is 2. The average Bonchev–Trinajstić information content (AvgIpc) is 2.65. The van der Waals surface area contributed by atoms with Crippen molar-refractivity contribution in [2.45, 2.75) is 79.9 Å². The Balaban J connectivity index is 0.000000346. The van der Waals surface area contributed by atoms with Gasteiger partial charge in [0.15, 0.2) is 5.78 Å². The number of hydrogen-bond acceptors (Lipinski definition) is 4. The van der Waals surface area contributed by atoms with E-state index in [1.54, 1.807) is 6.08 Å². The van der Waals surface area contributed by atoms with E-state index in [9.17, 15) is 14.4 Å². The summed E-state index contributed by atoms with van der Waals surface area (Å²) in [7, 11) is 0. The summed E-state index contributed by atoms with van der Waals surface area (Å²) in [5.41, 5.74) is 0.104. The molecule has 5 atom stereocenters. The molecule has 0 aliphatic heterocycles. The number of carboxylic acid groups (broad SMARTS) is 1. The smallest absolute Gasteiger partial charge is 0.313 e. The van der Waals surface area contributed by atoms with Crippen LogP contribution in [0.15, 0.2) is 36.5 Å². The first-order valence-electron chi connectivity index (χ1n) is 12.1. The van der Waals surface area contributed by atoms with Crippen molar-refractivity contribution in [2.24, 2.45) is 34.5 Å². The van der Waals surface area contributed by atoms with Crippen LogP contribution in [0, 0.1) is 34.5 Å². The van der Waals surface area contributed by atoms with E-state index < -0.39 is 5.97 Å². The number of allylic oxidation sites excluding steroid dienone is 6. The molecule has 0 spiro atoms.